The molecule has 0 saturated carbocycles. The molecule has 166 valence electrons. The highest BCUT2D eigenvalue weighted by Crippen LogP contribution is 2.41. The zero-order valence-corrected chi connectivity index (χ0v) is 18.3. The highest BCUT2D eigenvalue weighted by molar-refractivity contribution is 6.21. The molecule has 0 aromatic heterocycles. The Labute approximate surface area is 184 Å². The van der Waals surface area contributed by atoms with Gasteiger partial charge in [0, 0.05) is 49.9 Å². The second kappa shape index (κ2) is 9.03. The first-order valence-electron chi connectivity index (χ1n) is 12.0. The smallest absolute Gasteiger partial charge is 0.238 e. The van der Waals surface area contributed by atoms with Gasteiger partial charge in [0.25, 0.3) is 0 Å². The molecular weight excluding hydrogens is 390 g/mol. The van der Waals surface area contributed by atoms with Crippen LogP contribution in [0.25, 0.3) is 0 Å². The van der Waals surface area contributed by atoms with Gasteiger partial charge in [-0.1, -0.05) is 6.08 Å². The molecule has 4 aliphatic rings. The van der Waals surface area contributed by atoms with Gasteiger partial charge in [-0.25, -0.2) is 0 Å². The van der Waals surface area contributed by atoms with Crippen LogP contribution in [0.2, 0.25) is 0 Å². The fraction of sp³-hybridized carbons (Fsp3) is 0.600. The molecular formula is C25H33N3O3. The second-order valence-electron chi connectivity index (χ2n) is 9.21. The lowest BCUT2D eigenvalue weighted by Gasteiger charge is -2.39. The SMILES string of the molecule is O=C1C[C@@H]([C@H]2CCCC=C2N2CCCCC2)C(=O)N1c1ccc(N2CCOCC2)cc1. The molecule has 2 atom stereocenters. The Kier molecular flexibility index (Phi) is 5.99. The number of anilines is 2. The van der Waals surface area contributed by atoms with Crippen LogP contribution in [-0.2, 0) is 14.3 Å². The first kappa shape index (κ1) is 20.6. The molecule has 3 fully saturated rings. The highest BCUT2D eigenvalue weighted by Gasteiger charge is 2.45. The number of carbonyl (C=O) groups excluding carboxylic acids is 2. The number of hydrogen-bond acceptors (Lipinski definition) is 5. The van der Waals surface area contributed by atoms with Crippen molar-refractivity contribution in [2.24, 2.45) is 11.8 Å². The van der Waals surface area contributed by atoms with E-state index in [0.29, 0.717) is 12.1 Å². The van der Waals surface area contributed by atoms with Crippen molar-refractivity contribution in [2.45, 2.75) is 44.9 Å². The number of ether oxygens (including phenoxy) is 1. The zero-order chi connectivity index (χ0) is 21.2. The van der Waals surface area contributed by atoms with Crippen molar-refractivity contribution in [3.8, 4) is 0 Å². The molecule has 0 N–H and O–H groups in total. The summed E-state index contributed by atoms with van der Waals surface area (Å²) in [6.45, 7) is 5.39. The molecule has 6 heteroatoms. The van der Waals surface area contributed by atoms with Gasteiger partial charge in [0.2, 0.25) is 11.8 Å². The summed E-state index contributed by atoms with van der Waals surface area (Å²) in [6.07, 6.45) is 9.63. The number of amides is 2. The van der Waals surface area contributed by atoms with Crippen molar-refractivity contribution in [3.63, 3.8) is 0 Å². The number of morpholine rings is 1. The standard InChI is InChI=1S/C25H33N3O3/c29-24-18-22(21-6-2-3-7-23(21)27-12-4-1-5-13-27)25(30)28(24)20-10-8-19(9-11-20)26-14-16-31-17-15-26/h7-11,21-22H,1-6,12-18H2/t21-,22+/m1/s1. The number of rotatable bonds is 4. The Balaban J connectivity index is 1.33. The van der Waals surface area contributed by atoms with E-state index in [1.807, 2.05) is 24.3 Å². The lowest BCUT2D eigenvalue weighted by molar-refractivity contribution is -0.123. The summed E-state index contributed by atoms with van der Waals surface area (Å²) in [5, 5.41) is 0. The molecule has 1 aromatic rings. The molecule has 1 aromatic carbocycles. The second-order valence-corrected chi connectivity index (χ2v) is 9.21. The van der Waals surface area contributed by atoms with E-state index in [1.165, 1.54) is 29.9 Å². The van der Waals surface area contributed by atoms with Crippen molar-refractivity contribution < 1.29 is 14.3 Å². The predicted octanol–water partition coefficient (Wildman–Crippen LogP) is 3.57. The van der Waals surface area contributed by atoms with Crippen LogP contribution < -0.4 is 9.80 Å². The van der Waals surface area contributed by atoms with Crippen LogP contribution in [0.5, 0.6) is 0 Å². The van der Waals surface area contributed by atoms with Crippen molar-refractivity contribution in [2.75, 3.05) is 49.2 Å². The van der Waals surface area contributed by atoms with Crippen LogP contribution in [0.4, 0.5) is 11.4 Å². The van der Waals surface area contributed by atoms with Crippen molar-refractivity contribution >= 4 is 23.2 Å². The molecule has 0 spiro atoms. The van der Waals surface area contributed by atoms with Crippen LogP contribution in [0.3, 0.4) is 0 Å². The van der Waals surface area contributed by atoms with Crippen molar-refractivity contribution in [3.05, 3.63) is 36.0 Å². The van der Waals surface area contributed by atoms with Crippen LogP contribution >= 0.6 is 0 Å². The highest BCUT2D eigenvalue weighted by atomic mass is 16.5. The Bertz CT molecular complexity index is 838. The van der Waals surface area contributed by atoms with E-state index in [-0.39, 0.29) is 23.7 Å². The Morgan fingerprint density at radius 3 is 2.23 bits per heavy atom. The number of carbonyl (C=O) groups is 2. The summed E-state index contributed by atoms with van der Waals surface area (Å²) >= 11 is 0. The quantitative estimate of drug-likeness (QED) is 0.693. The summed E-state index contributed by atoms with van der Waals surface area (Å²) in [4.78, 5) is 32.6. The fourth-order valence-electron chi connectivity index (χ4n) is 5.69. The van der Waals surface area contributed by atoms with E-state index in [2.05, 4.69) is 15.9 Å². The first-order valence-corrected chi connectivity index (χ1v) is 12.0. The van der Waals surface area contributed by atoms with Gasteiger partial charge < -0.3 is 14.5 Å². The normalized spacial score (nSPS) is 27.6. The largest absolute Gasteiger partial charge is 0.378 e. The average Bonchev–Trinajstić information content (AvgIpc) is 3.14. The van der Waals surface area contributed by atoms with E-state index in [1.54, 1.807) is 0 Å². The third kappa shape index (κ3) is 4.10. The minimum atomic E-state index is -0.222. The molecule has 0 radical (unpaired) electrons. The van der Waals surface area contributed by atoms with E-state index < -0.39 is 0 Å². The van der Waals surface area contributed by atoms with Crippen LogP contribution in [0.1, 0.15) is 44.9 Å². The summed E-state index contributed by atoms with van der Waals surface area (Å²) < 4.78 is 5.43. The number of imide groups is 1. The average molecular weight is 424 g/mol. The molecule has 0 unspecified atom stereocenters. The number of piperidine rings is 1. The van der Waals surface area contributed by atoms with Gasteiger partial charge in [-0.15, -0.1) is 0 Å². The summed E-state index contributed by atoms with van der Waals surface area (Å²) in [6, 6.07) is 7.89. The first-order chi connectivity index (χ1) is 15.2. The summed E-state index contributed by atoms with van der Waals surface area (Å²) in [5.74, 6) is -0.113. The van der Waals surface area contributed by atoms with Crippen LogP contribution in [-0.4, -0.2) is 56.1 Å². The Morgan fingerprint density at radius 2 is 1.48 bits per heavy atom. The van der Waals surface area contributed by atoms with E-state index in [9.17, 15) is 9.59 Å². The Morgan fingerprint density at radius 1 is 0.774 bits per heavy atom. The minimum Gasteiger partial charge on any atom is -0.378 e. The number of hydrogen-bond donors (Lipinski definition) is 0. The molecule has 31 heavy (non-hydrogen) atoms. The molecule has 3 saturated heterocycles. The van der Waals surface area contributed by atoms with E-state index >= 15 is 0 Å². The summed E-state index contributed by atoms with van der Waals surface area (Å²) in [5.41, 5.74) is 3.15. The summed E-state index contributed by atoms with van der Waals surface area (Å²) in [7, 11) is 0. The third-order valence-corrected chi connectivity index (χ3v) is 7.33. The molecule has 3 aliphatic heterocycles. The predicted molar refractivity (Wildman–Crippen MR) is 121 cm³/mol. The van der Waals surface area contributed by atoms with Gasteiger partial charge in [0.15, 0.2) is 0 Å². The Hall–Kier alpha value is -2.34. The number of benzene rings is 1. The van der Waals surface area contributed by atoms with Gasteiger partial charge in [-0.05, 0) is 62.8 Å². The van der Waals surface area contributed by atoms with Gasteiger partial charge >= 0.3 is 0 Å². The monoisotopic (exact) mass is 423 g/mol. The van der Waals surface area contributed by atoms with Gasteiger partial charge in [-0.2, -0.15) is 0 Å². The third-order valence-electron chi connectivity index (χ3n) is 7.33. The molecule has 1 aliphatic carbocycles. The minimum absolute atomic E-state index is 0.0149. The molecule has 5 rings (SSSR count). The topological polar surface area (TPSA) is 53.1 Å². The number of allylic oxidation sites excluding steroid dienone is 2. The van der Waals surface area contributed by atoms with Gasteiger partial charge in [0.1, 0.15) is 0 Å². The molecule has 3 heterocycles. The van der Waals surface area contributed by atoms with E-state index in [4.69, 9.17) is 4.74 Å². The van der Waals surface area contributed by atoms with Crippen LogP contribution in [0.15, 0.2) is 36.0 Å². The van der Waals surface area contributed by atoms with Crippen LogP contribution in [0, 0.1) is 11.8 Å². The maximum Gasteiger partial charge on any atom is 0.238 e. The van der Waals surface area contributed by atoms with Crippen molar-refractivity contribution in [1.29, 1.82) is 0 Å². The number of nitrogens with zero attached hydrogens (tertiary/aromatic N) is 3. The molecule has 0 bridgehead atoms. The lowest BCUT2D eigenvalue weighted by Crippen LogP contribution is -2.38. The lowest BCUT2D eigenvalue weighted by atomic mass is 9.80. The van der Waals surface area contributed by atoms with Crippen molar-refractivity contribution in [1.82, 2.24) is 4.90 Å². The molecule has 2 amide bonds. The number of likely N-dealkylation sites (tertiary alicyclic amines) is 1. The maximum atomic E-state index is 13.5. The zero-order valence-electron chi connectivity index (χ0n) is 18.3. The maximum absolute atomic E-state index is 13.5. The fourth-order valence-corrected chi connectivity index (χ4v) is 5.69. The molecule has 6 nitrogen and oxygen atoms in total. The van der Waals surface area contributed by atoms with Gasteiger partial charge in [-0.3, -0.25) is 14.5 Å². The van der Waals surface area contributed by atoms with E-state index in [0.717, 1.165) is 64.3 Å². The van der Waals surface area contributed by atoms with Gasteiger partial charge in [0.05, 0.1) is 24.8 Å².